The number of benzene rings is 2. The maximum absolute atomic E-state index is 13.0. The molecule has 32 heavy (non-hydrogen) atoms. The van der Waals surface area contributed by atoms with Gasteiger partial charge in [0.1, 0.15) is 0 Å². The van der Waals surface area contributed by atoms with Crippen molar-refractivity contribution < 1.29 is 27.8 Å². The van der Waals surface area contributed by atoms with Crippen LogP contribution in [0.3, 0.4) is 0 Å². The first-order chi connectivity index (χ1) is 15.1. The van der Waals surface area contributed by atoms with Gasteiger partial charge in [0, 0.05) is 43.8 Å². The molecule has 2 aliphatic heterocycles. The SMILES string of the molecule is CC1(C)COc2ccc(C(O)CN3CCN(c4cccc(C(F)(F)F)c4)CC3)cc2OC1. The minimum absolute atomic E-state index is 0.0862. The van der Waals surface area contributed by atoms with Crippen LogP contribution in [0.1, 0.15) is 31.1 Å². The van der Waals surface area contributed by atoms with E-state index in [-0.39, 0.29) is 5.41 Å². The highest BCUT2D eigenvalue weighted by atomic mass is 19.4. The van der Waals surface area contributed by atoms with Crippen molar-refractivity contribution in [1.29, 1.82) is 0 Å². The lowest BCUT2D eigenvalue weighted by atomic mass is 9.97. The van der Waals surface area contributed by atoms with Crippen LogP contribution in [-0.2, 0) is 6.18 Å². The zero-order chi connectivity index (χ0) is 22.9. The van der Waals surface area contributed by atoms with Crippen molar-refractivity contribution in [2.24, 2.45) is 5.41 Å². The van der Waals surface area contributed by atoms with Gasteiger partial charge in [-0.15, -0.1) is 0 Å². The summed E-state index contributed by atoms with van der Waals surface area (Å²) >= 11 is 0. The van der Waals surface area contributed by atoms with Crippen LogP contribution in [0.15, 0.2) is 42.5 Å². The van der Waals surface area contributed by atoms with Crippen molar-refractivity contribution in [3.63, 3.8) is 0 Å². The molecule has 4 rings (SSSR count). The van der Waals surface area contributed by atoms with Gasteiger partial charge >= 0.3 is 6.18 Å². The molecule has 0 spiro atoms. The van der Waals surface area contributed by atoms with Crippen LogP contribution in [0, 0.1) is 5.41 Å². The summed E-state index contributed by atoms with van der Waals surface area (Å²) in [6.07, 6.45) is -5.04. The van der Waals surface area contributed by atoms with E-state index in [0.29, 0.717) is 63.1 Å². The Balaban J connectivity index is 1.34. The number of fused-ring (bicyclic) bond motifs is 1. The van der Waals surface area contributed by atoms with Gasteiger partial charge in [-0.1, -0.05) is 26.0 Å². The van der Waals surface area contributed by atoms with Gasteiger partial charge in [-0.3, -0.25) is 4.90 Å². The number of halogens is 3. The second-order valence-corrected chi connectivity index (χ2v) is 9.30. The molecule has 5 nitrogen and oxygen atoms in total. The van der Waals surface area contributed by atoms with Gasteiger partial charge in [0.15, 0.2) is 11.5 Å². The summed E-state index contributed by atoms with van der Waals surface area (Å²) in [6, 6.07) is 11.0. The maximum Gasteiger partial charge on any atom is 0.416 e. The molecule has 0 aliphatic carbocycles. The van der Waals surface area contributed by atoms with E-state index < -0.39 is 17.8 Å². The Labute approximate surface area is 186 Å². The van der Waals surface area contributed by atoms with Crippen molar-refractivity contribution in [3.8, 4) is 11.5 Å². The lowest BCUT2D eigenvalue weighted by Crippen LogP contribution is -2.47. The summed E-state index contributed by atoms with van der Waals surface area (Å²) in [4.78, 5) is 4.08. The number of hydrogen-bond donors (Lipinski definition) is 1. The number of nitrogens with zero attached hydrogens (tertiary/aromatic N) is 2. The van der Waals surface area contributed by atoms with Crippen molar-refractivity contribution in [2.75, 3.05) is 50.8 Å². The molecule has 0 bridgehead atoms. The maximum atomic E-state index is 13.0. The third-order valence-corrected chi connectivity index (χ3v) is 5.93. The molecule has 1 unspecified atom stereocenters. The van der Waals surface area contributed by atoms with Gasteiger partial charge in [0.05, 0.1) is 24.9 Å². The largest absolute Gasteiger partial charge is 0.489 e. The average Bonchev–Trinajstić information content (AvgIpc) is 2.91. The topological polar surface area (TPSA) is 45.2 Å². The smallest absolute Gasteiger partial charge is 0.416 e. The Hall–Kier alpha value is -2.45. The molecule has 1 saturated heterocycles. The third kappa shape index (κ3) is 5.30. The zero-order valence-electron chi connectivity index (χ0n) is 18.4. The number of rotatable bonds is 4. The number of anilines is 1. The Morgan fingerprint density at radius 2 is 1.66 bits per heavy atom. The lowest BCUT2D eigenvalue weighted by Gasteiger charge is -2.37. The summed E-state index contributed by atoms with van der Waals surface area (Å²) in [5.74, 6) is 1.32. The van der Waals surface area contributed by atoms with E-state index in [1.54, 1.807) is 6.07 Å². The van der Waals surface area contributed by atoms with E-state index >= 15 is 0 Å². The third-order valence-electron chi connectivity index (χ3n) is 5.93. The Morgan fingerprint density at radius 1 is 0.969 bits per heavy atom. The molecule has 174 valence electrons. The molecule has 1 atom stereocenters. The van der Waals surface area contributed by atoms with Crippen molar-refractivity contribution >= 4 is 5.69 Å². The normalized spacial score (nSPS) is 20.0. The molecule has 2 aliphatic rings. The lowest BCUT2D eigenvalue weighted by molar-refractivity contribution is -0.137. The zero-order valence-corrected chi connectivity index (χ0v) is 18.4. The highest BCUT2D eigenvalue weighted by Crippen LogP contribution is 2.36. The molecule has 0 amide bonds. The summed E-state index contributed by atoms with van der Waals surface area (Å²) in [6.45, 7) is 8.23. The highest BCUT2D eigenvalue weighted by molar-refractivity contribution is 5.49. The van der Waals surface area contributed by atoms with E-state index in [1.165, 1.54) is 12.1 Å². The average molecular weight is 451 g/mol. The van der Waals surface area contributed by atoms with Crippen LogP contribution >= 0.6 is 0 Å². The number of hydrogen-bond acceptors (Lipinski definition) is 5. The van der Waals surface area contributed by atoms with E-state index in [0.717, 1.165) is 11.6 Å². The molecule has 0 radical (unpaired) electrons. The summed E-state index contributed by atoms with van der Waals surface area (Å²) in [5, 5.41) is 10.8. The summed E-state index contributed by atoms with van der Waals surface area (Å²) < 4.78 is 50.7. The van der Waals surface area contributed by atoms with Crippen molar-refractivity contribution in [2.45, 2.75) is 26.1 Å². The molecular weight excluding hydrogens is 421 g/mol. The molecular formula is C24H29F3N2O3. The Morgan fingerprint density at radius 3 is 2.34 bits per heavy atom. The first kappa shape index (κ1) is 22.7. The number of aliphatic hydroxyl groups is 1. The van der Waals surface area contributed by atoms with Gasteiger partial charge in [-0.25, -0.2) is 0 Å². The molecule has 0 saturated carbocycles. The molecule has 8 heteroatoms. The first-order valence-corrected chi connectivity index (χ1v) is 10.8. The fourth-order valence-electron chi connectivity index (χ4n) is 3.97. The number of piperazine rings is 1. The molecule has 2 aromatic rings. The van der Waals surface area contributed by atoms with Gasteiger partial charge in [-0.2, -0.15) is 13.2 Å². The quantitative estimate of drug-likeness (QED) is 0.750. The molecule has 2 heterocycles. The van der Waals surface area contributed by atoms with Crippen LogP contribution in [0.25, 0.3) is 0 Å². The number of ether oxygens (including phenoxy) is 2. The number of β-amino-alcohol motifs (C(OH)–C–C–N with tert-alkyl or cyclic N) is 1. The predicted molar refractivity (Wildman–Crippen MR) is 116 cm³/mol. The minimum atomic E-state index is -4.35. The monoisotopic (exact) mass is 450 g/mol. The van der Waals surface area contributed by atoms with E-state index in [1.807, 2.05) is 23.1 Å². The molecule has 1 N–H and O–H groups in total. The first-order valence-electron chi connectivity index (χ1n) is 10.8. The van der Waals surface area contributed by atoms with E-state index in [2.05, 4.69) is 18.7 Å². The van der Waals surface area contributed by atoms with Crippen LogP contribution in [0.5, 0.6) is 11.5 Å². The second kappa shape index (κ2) is 8.83. The van der Waals surface area contributed by atoms with Crippen LogP contribution in [-0.4, -0.2) is 55.9 Å². The molecule has 1 fully saturated rings. The van der Waals surface area contributed by atoms with Gasteiger partial charge in [0.25, 0.3) is 0 Å². The van der Waals surface area contributed by atoms with Gasteiger partial charge in [-0.05, 0) is 35.9 Å². The number of alkyl halides is 3. The molecule has 2 aromatic carbocycles. The van der Waals surface area contributed by atoms with Crippen molar-refractivity contribution in [3.05, 3.63) is 53.6 Å². The highest BCUT2D eigenvalue weighted by Gasteiger charge is 2.31. The summed E-state index contributed by atoms with van der Waals surface area (Å²) in [7, 11) is 0. The standard InChI is InChI=1S/C24H29F3N2O3/c1-23(2)15-31-21-7-6-17(12-22(21)32-16-23)20(30)14-28-8-10-29(11-9-28)19-5-3-4-18(13-19)24(25,26)27/h3-7,12-13,20,30H,8-11,14-16H2,1-2H3. The van der Waals surface area contributed by atoms with Crippen LogP contribution in [0.4, 0.5) is 18.9 Å². The van der Waals surface area contributed by atoms with Crippen molar-refractivity contribution in [1.82, 2.24) is 4.90 Å². The Bertz CT molecular complexity index is 940. The van der Waals surface area contributed by atoms with Crippen LogP contribution < -0.4 is 14.4 Å². The van der Waals surface area contributed by atoms with E-state index in [4.69, 9.17) is 9.47 Å². The fraction of sp³-hybridized carbons (Fsp3) is 0.500. The van der Waals surface area contributed by atoms with Gasteiger partial charge in [0.2, 0.25) is 0 Å². The molecule has 0 aromatic heterocycles. The Kier molecular flexibility index (Phi) is 6.27. The van der Waals surface area contributed by atoms with Crippen LogP contribution in [0.2, 0.25) is 0 Å². The second-order valence-electron chi connectivity index (χ2n) is 9.30. The van der Waals surface area contributed by atoms with E-state index in [9.17, 15) is 18.3 Å². The number of aliphatic hydroxyl groups excluding tert-OH is 1. The minimum Gasteiger partial charge on any atom is -0.489 e. The van der Waals surface area contributed by atoms with Gasteiger partial charge < -0.3 is 19.5 Å². The fourth-order valence-corrected chi connectivity index (χ4v) is 3.97. The summed E-state index contributed by atoms with van der Waals surface area (Å²) in [5.41, 5.74) is 0.612. The predicted octanol–water partition coefficient (Wildman–Crippen LogP) is 4.36.